The summed E-state index contributed by atoms with van der Waals surface area (Å²) in [5.74, 6) is 0.767. The van der Waals surface area contributed by atoms with Gasteiger partial charge < -0.3 is 5.73 Å². The van der Waals surface area contributed by atoms with E-state index in [9.17, 15) is 0 Å². The number of hydrogen-bond acceptors (Lipinski definition) is 2. The van der Waals surface area contributed by atoms with E-state index < -0.39 is 0 Å². The molecule has 0 spiro atoms. The molecule has 0 heterocycles. The molecule has 1 fully saturated rings. The molecule has 0 saturated heterocycles. The zero-order chi connectivity index (χ0) is 11.4. The van der Waals surface area contributed by atoms with Crippen molar-refractivity contribution in [1.29, 1.82) is 0 Å². The molecule has 0 radical (unpaired) electrons. The van der Waals surface area contributed by atoms with Gasteiger partial charge in [-0.2, -0.15) is 0 Å². The maximum absolute atomic E-state index is 5.96. The van der Waals surface area contributed by atoms with Crippen LogP contribution in [0.5, 0.6) is 0 Å². The van der Waals surface area contributed by atoms with Crippen LogP contribution in [0, 0.1) is 5.92 Å². The molecule has 1 rings (SSSR count). The van der Waals surface area contributed by atoms with E-state index in [0.29, 0.717) is 12.1 Å². The molecule has 1 aliphatic rings. The summed E-state index contributed by atoms with van der Waals surface area (Å²) in [7, 11) is 0. The van der Waals surface area contributed by atoms with Gasteiger partial charge in [-0.05, 0) is 45.4 Å². The smallest absolute Gasteiger partial charge is 0.00992 e. The molecule has 0 unspecified atom stereocenters. The molecule has 2 N–H and O–H groups in total. The first-order chi connectivity index (χ1) is 7.00. The molecule has 1 aliphatic carbocycles. The summed E-state index contributed by atoms with van der Waals surface area (Å²) >= 11 is 0. The Morgan fingerprint density at radius 2 is 1.60 bits per heavy atom. The Labute approximate surface area is 95.2 Å². The zero-order valence-electron chi connectivity index (χ0n) is 10.9. The molecule has 0 aromatic carbocycles. The van der Waals surface area contributed by atoms with Gasteiger partial charge in [0, 0.05) is 24.7 Å². The molecule has 0 bridgehead atoms. The van der Waals surface area contributed by atoms with Crippen LogP contribution in [0.25, 0.3) is 0 Å². The lowest BCUT2D eigenvalue weighted by Crippen LogP contribution is -2.45. The van der Waals surface area contributed by atoms with Crippen LogP contribution in [0.2, 0.25) is 0 Å². The first-order valence-corrected chi connectivity index (χ1v) is 6.52. The lowest BCUT2D eigenvalue weighted by atomic mass is 9.89. The van der Waals surface area contributed by atoms with Crippen molar-refractivity contribution in [2.75, 3.05) is 6.54 Å². The third-order valence-electron chi connectivity index (χ3n) is 3.45. The van der Waals surface area contributed by atoms with Crippen molar-refractivity contribution in [1.82, 2.24) is 4.90 Å². The highest BCUT2D eigenvalue weighted by molar-refractivity contribution is 4.83. The normalized spacial score (nSPS) is 28.0. The second-order valence-electron chi connectivity index (χ2n) is 5.75. The van der Waals surface area contributed by atoms with E-state index in [4.69, 9.17) is 5.73 Å². The lowest BCUT2D eigenvalue weighted by Gasteiger charge is -2.39. The van der Waals surface area contributed by atoms with E-state index in [1.54, 1.807) is 0 Å². The van der Waals surface area contributed by atoms with Crippen LogP contribution in [-0.4, -0.2) is 29.6 Å². The second kappa shape index (κ2) is 5.86. The predicted molar refractivity (Wildman–Crippen MR) is 66.9 cm³/mol. The average molecular weight is 212 g/mol. The Bertz CT molecular complexity index is 169. The molecule has 0 atom stereocenters. The molecule has 0 aliphatic heterocycles. The van der Waals surface area contributed by atoms with Gasteiger partial charge in [-0.1, -0.05) is 13.8 Å². The predicted octanol–water partition coefficient (Wildman–Crippen LogP) is 2.62. The summed E-state index contributed by atoms with van der Waals surface area (Å²) in [4.78, 5) is 2.68. The van der Waals surface area contributed by atoms with Gasteiger partial charge in [-0.15, -0.1) is 0 Å². The van der Waals surface area contributed by atoms with E-state index in [0.717, 1.165) is 12.0 Å². The van der Waals surface area contributed by atoms with Crippen molar-refractivity contribution < 1.29 is 0 Å². The van der Waals surface area contributed by atoms with Crippen molar-refractivity contribution >= 4 is 0 Å². The number of nitrogens with two attached hydrogens (primary N) is 1. The highest BCUT2D eigenvalue weighted by atomic mass is 15.2. The largest absolute Gasteiger partial charge is 0.328 e. The van der Waals surface area contributed by atoms with Crippen LogP contribution >= 0.6 is 0 Å². The third-order valence-corrected chi connectivity index (χ3v) is 3.45. The van der Waals surface area contributed by atoms with Crippen molar-refractivity contribution in [2.45, 2.75) is 71.5 Å². The van der Waals surface area contributed by atoms with Gasteiger partial charge in [0.15, 0.2) is 0 Å². The van der Waals surface area contributed by atoms with Crippen LogP contribution in [-0.2, 0) is 0 Å². The fourth-order valence-electron chi connectivity index (χ4n) is 2.64. The molecule has 2 heteroatoms. The van der Waals surface area contributed by atoms with Gasteiger partial charge in [-0.25, -0.2) is 0 Å². The fraction of sp³-hybridized carbons (Fsp3) is 1.00. The SMILES string of the molecule is CC(C)CN(C(C)C)C1CCC(N)CC1. The molecule has 90 valence electrons. The minimum atomic E-state index is 0.467. The van der Waals surface area contributed by atoms with E-state index >= 15 is 0 Å². The Hall–Kier alpha value is -0.0800. The maximum Gasteiger partial charge on any atom is 0.00992 e. The molecule has 0 aromatic rings. The maximum atomic E-state index is 5.96. The monoisotopic (exact) mass is 212 g/mol. The lowest BCUT2D eigenvalue weighted by molar-refractivity contribution is 0.102. The third kappa shape index (κ3) is 4.12. The number of nitrogens with zero attached hydrogens (tertiary/aromatic N) is 1. The van der Waals surface area contributed by atoms with Crippen LogP contribution in [0.15, 0.2) is 0 Å². The van der Waals surface area contributed by atoms with Crippen LogP contribution in [0.4, 0.5) is 0 Å². The quantitative estimate of drug-likeness (QED) is 0.776. The molecule has 0 amide bonds. The number of rotatable bonds is 4. The van der Waals surface area contributed by atoms with E-state index in [1.165, 1.54) is 32.2 Å². The molecular weight excluding hydrogens is 184 g/mol. The summed E-state index contributed by atoms with van der Waals surface area (Å²) in [5.41, 5.74) is 5.96. The average Bonchev–Trinajstić information content (AvgIpc) is 2.15. The molecule has 0 aromatic heterocycles. The zero-order valence-corrected chi connectivity index (χ0v) is 10.9. The Morgan fingerprint density at radius 1 is 1.07 bits per heavy atom. The fourth-order valence-corrected chi connectivity index (χ4v) is 2.64. The van der Waals surface area contributed by atoms with Gasteiger partial charge in [-0.3, -0.25) is 4.90 Å². The van der Waals surface area contributed by atoms with E-state index in [1.807, 2.05) is 0 Å². The number of hydrogen-bond donors (Lipinski definition) is 1. The highest BCUT2D eigenvalue weighted by Gasteiger charge is 2.26. The van der Waals surface area contributed by atoms with E-state index in [2.05, 4.69) is 32.6 Å². The highest BCUT2D eigenvalue weighted by Crippen LogP contribution is 2.24. The van der Waals surface area contributed by atoms with Crippen LogP contribution in [0.1, 0.15) is 53.4 Å². The summed E-state index contributed by atoms with van der Waals surface area (Å²) in [6.45, 7) is 10.5. The minimum absolute atomic E-state index is 0.467. The van der Waals surface area contributed by atoms with Crippen molar-refractivity contribution in [3.63, 3.8) is 0 Å². The van der Waals surface area contributed by atoms with Gasteiger partial charge >= 0.3 is 0 Å². The summed E-state index contributed by atoms with van der Waals surface area (Å²) in [6, 6.07) is 1.92. The Balaban J connectivity index is 2.48. The Kier molecular flexibility index (Phi) is 5.07. The van der Waals surface area contributed by atoms with Crippen molar-refractivity contribution in [3.05, 3.63) is 0 Å². The summed E-state index contributed by atoms with van der Waals surface area (Å²) in [6.07, 6.45) is 5.02. The molecule has 2 nitrogen and oxygen atoms in total. The molecular formula is C13H28N2. The summed E-state index contributed by atoms with van der Waals surface area (Å²) < 4.78 is 0. The van der Waals surface area contributed by atoms with Gasteiger partial charge in [0.1, 0.15) is 0 Å². The van der Waals surface area contributed by atoms with Crippen LogP contribution < -0.4 is 5.73 Å². The van der Waals surface area contributed by atoms with Crippen LogP contribution in [0.3, 0.4) is 0 Å². The Morgan fingerprint density at radius 3 is 2.00 bits per heavy atom. The van der Waals surface area contributed by atoms with Gasteiger partial charge in [0.25, 0.3) is 0 Å². The second-order valence-corrected chi connectivity index (χ2v) is 5.75. The summed E-state index contributed by atoms with van der Waals surface area (Å²) in [5, 5.41) is 0. The first kappa shape index (κ1) is 13.0. The standard InChI is InChI=1S/C13H28N2/c1-10(2)9-15(11(3)4)13-7-5-12(14)6-8-13/h10-13H,5-9,14H2,1-4H3. The van der Waals surface area contributed by atoms with Crippen molar-refractivity contribution in [2.24, 2.45) is 11.7 Å². The van der Waals surface area contributed by atoms with E-state index in [-0.39, 0.29) is 0 Å². The van der Waals surface area contributed by atoms with Crippen molar-refractivity contribution in [3.8, 4) is 0 Å². The first-order valence-electron chi connectivity index (χ1n) is 6.52. The van der Waals surface area contributed by atoms with Gasteiger partial charge in [0.2, 0.25) is 0 Å². The minimum Gasteiger partial charge on any atom is -0.328 e. The topological polar surface area (TPSA) is 29.3 Å². The molecule has 15 heavy (non-hydrogen) atoms. The van der Waals surface area contributed by atoms with Gasteiger partial charge in [0.05, 0.1) is 0 Å². The molecule has 1 saturated carbocycles.